The fraction of sp³-hybridized carbons (Fsp3) is 0.381. The fourth-order valence-corrected chi connectivity index (χ4v) is 2.50. The smallest absolute Gasteiger partial charge is 0.242 e. The highest BCUT2D eigenvalue weighted by Crippen LogP contribution is 2.31. The van der Waals surface area contributed by atoms with Crippen molar-refractivity contribution in [3.05, 3.63) is 48.5 Å². The van der Waals surface area contributed by atoms with Gasteiger partial charge in [0.15, 0.2) is 11.5 Å². The number of unbranched alkanes of at least 4 members (excludes halogenated alkanes) is 2. The quantitative estimate of drug-likeness (QED) is 0.611. The van der Waals surface area contributed by atoms with E-state index in [1.165, 1.54) is 0 Å². The molecule has 5 heteroatoms. The summed E-state index contributed by atoms with van der Waals surface area (Å²) in [5.74, 6) is 2.06. The predicted octanol–water partition coefficient (Wildman–Crippen LogP) is 4.59. The summed E-state index contributed by atoms with van der Waals surface area (Å²) >= 11 is 0. The summed E-state index contributed by atoms with van der Waals surface area (Å²) in [5, 5.41) is 6.16. The minimum absolute atomic E-state index is 0.00968. The van der Waals surface area contributed by atoms with E-state index in [1.54, 1.807) is 7.11 Å². The van der Waals surface area contributed by atoms with Crippen molar-refractivity contribution >= 4 is 11.6 Å². The average molecular weight is 356 g/mol. The molecular formula is C21H28N2O3. The van der Waals surface area contributed by atoms with E-state index in [0.717, 1.165) is 31.5 Å². The second-order valence-corrected chi connectivity index (χ2v) is 6.14. The maximum Gasteiger partial charge on any atom is 0.242 e. The van der Waals surface area contributed by atoms with Crippen LogP contribution in [0.2, 0.25) is 0 Å². The Labute approximate surface area is 155 Å². The van der Waals surface area contributed by atoms with Gasteiger partial charge in [-0.05, 0) is 49.7 Å². The number of methoxy groups -OCH3 is 1. The third kappa shape index (κ3) is 5.99. The van der Waals surface area contributed by atoms with E-state index >= 15 is 0 Å². The number of hydrogen-bond donors (Lipinski definition) is 2. The largest absolute Gasteiger partial charge is 0.493 e. The Morgan fingerprint density at radius 3 is 2.38 bits per heavy atom. The molecule has 0 aromatic heterocycles. The van der Waals surface area contributed by atoms with Crippen molar-refractivity contribution in [2.75, 3.05) is 19.0 Å². The monoisotopic (exact) mass is 356 g/mol. The number of ether oxygens (including phenoxy) is 2. The van der Waals surface area contributed by atoms with Crippen LogP contribution in [0, 0.1) is 0 Å². The molecule has 2 rings (SSSR count). The number of nitrogens with one attached hydrogen (secondary N) is 2. The lowest BCUT2D eigenvalue weighted by Gasteiger charge is -2.16. The topological polar surface area (TPSA) is 59.6 Å². The molecule has 0 radical (unpaired) electrons. The maximum absolute atomic E-state index is 12.1. The molecule has 0 aliphatic carbocycles. The van der Waals surface area contributed by atoms with Gasteiger partial charge < -0.3 is 20.1 Å². The van der Waals surface area contributed by atoms with E-state index < -0.39 is 0 Å². The molecule has 26 heavy (non-hydrogen) atoms. The summed E-state index contributed by atoms with van der Waals surface area (Å²) in [7, 11) is 1.61. The van der Waals surface area contributed by atoms with Gasteiger partial charge in [-0.1, -0.05) is 31.9 Å². The van der Waals surface area contributed by atoms with Crippen LogP contribution in [0.1, 0.15) is 33.1 Å². The Balaban J connectivity index is 1.87. The number of rotatable bonds is 10. The van der Waals surface area contributed by atoms with Crippen LogP contribution in [-0.2, 0) is 4.79 Å². The molecule has 140 valence electrons. The molecule has 1 amide bonds. The number of anilines is 1. The van der Waals surface area contributed by atoms with Gasteiger partial charge in [0.2, 0.25) is 5.91 Å². The third-order valence-electron chi connectivity index (χ3n) is 4.01. The molecule has 2 aromatic carbocycles. The summed E-state index contributed by atoms with van der Waals surface area (Å²) < 4.78 is 11.1. The van der Waals surface area contributed by atoms with Crippen molar-refractivity contribution in [3.63, 3.8) is 0 Å². The highest BCUT2D eigenvalue weighted by atomic mass is 16.5. The number of para-hydroxylation sites is 2. The maximum atomic E-state index is 12.1. The van der Waals surface area contributed by atoms with E-state index in [2.05, 4.69) is 17.6 Å². The molecule has 0 saturated carbocycles. The molecule has 0 spiro atoms. The van der Waals surface area contributed by atoms with Gasteiger partial charge in [0, 0.05) is 12.2 Å². The summed E-state index contributed by atoms with van der Waals surface area (Å²) in [6.45, 7) is 4.73. The van der Waals surface area contributed by atoms with E-state index in [4.69, 9.17) is 9.47 Å². The summed E-state index contributed by atoms with van der Waals surface area (Å²) in [6.07, 6.45) is 3.30. The second-order valence-electron chi connectivity index (χ2n) is 6.14. The molecule has 2 N–H and O–H groups in total. The van der Waals surface area contributed by atoms with Gasteiger partial charge in [-0.3, -0.25) is 4.79 Å². The Morgan fingerprint density at radius 2 is 1.73 bits per heavy atom. The molecule has 0 aliphatic rings. The minimum Gasteiger partial charge on any atom is -0.493 e. The van der Waals surface area contributed by atoms with Gasteiger partial charge in [-0.2, -0.15) is 0 Å². The fourth-order valence-electron chi connectivity index (χ4n) is 2.50. The second kappa shape index (κ2) is 10.3. The van der Waals surface area contributed by atoms with Gasteiger partial charge in [0.1, 0.15) is 11.8 Å². The predicted molar refractivity (Wildman–Crippen MR) is 105 cm³/mol. The van der Waals surface area contributed by atoms with Gasteiger partial charge in [-0.25, -0.2) is 0 Å². The Kier molecular flexibility index (Phi) is 7.80. The van der Waals surface area contributed by atoms with Gasteiger partial charge in [-0.15, -0.1) is 0 Å². The summed E-state index contributed by atoms with van der Waals surface area (Å²) in [6, 6.07) is 14.7. The van der Waals surface area contributed by atoms with Crippen molar-refractivity contribution in [2.45, 2.75) is 39.2 Å². The molecule has 1 unspecified atom stereocenters. The molecule has 0 aliphatic heterocycles. The first-order valence-corrected chi connectivity index (χ1v) is 9.09. The summed E-state index contributed by atoms with van der Waals surface area (Å²) in [5.41, 5.74) is 0.869. The molecule has 0 saturated heterocycles. The Morgan fingerprint density at radius 1 is 1.04 bits per heavy atom. The van der Waals surface area contributed by atoms with Gasteiger partial charge in [0.05, 0.1) is 7.11 Å². The van der Waals surface area contributed by atoms with Crippen molar-refractivity contribution < 1.29 is 14.3 Å². The van der Waals surface area contributed by atoms with Gasteiger partial charge >= 0.3 is 0 Å². The summed E-state index contributed by atoms with van der Waals surface area (Å²) in [4.78, 5) is 12.1. The van der Waals surface area contributed by atoms with E-state index in [9.17, 15) is 4.79 Å². The van der Waals surface area contributed by atoms with Crippen molar-refractivity contribution in [2.24, 2.45) is 0 Å². The highest BCUT2D eigenvalue weighted by Gasteiger charge is 2.12. The number of carbonyl (C=O) groups excluding carboxylic acids is 1. The van der Waals surface area contributed by atoms with E-state index in [1.807, 2.05) is 55.5 Å². The van der Waals surface area contributed by atoms with E-state index in [-0.39, 0.29) is 11.9 Å². The normalized spacial score (nSPS) is 11.5. The third-order valence-corrected chi connectivity index (χ3v) is 4.01. The first-order chi connectivity index (χ1) is 12.6. The van der Waals surface area contributed by atoms with Crippen LogP contribution >= 0.6 is 0 Å². The first-order valence-electron chi connectivity index (χ1n) is 9.09. The van der Waals surface area contributed by atoms with Gasteiger partial charge in [0.25, 0.3) is 0 Å². The number of amides is 1. The van der Waals surface area contributed by atoms with Crippen LogP contribution in [0.15, 0.2) is 48.5 Å². The van der Waals surface area contributed by atoms with Crippen LogP contribution < -0.4 is 20.1 Å². The first kappa shape index (κ1) is 19.6. The van der Waals surface area contributed by atoms with Crippen LogP contribution in [0.5, 0.6) is 17.2 Å². The minimum atomic E-state index is -0.294. The SMILES string of the molecule is CCCCCNC(=O)C(C)Nc1ccc(Oc2ccccc2OC)cc1. The molecule has 2 aromatic rings. The number of hydrogen-bond acceptors (Lipinski definition) is 4. The van der Waals surface area contributed by atoms with Crippen molar-refractivity contribution in [1.29, 1.82) is 0 Å². The van der Waals surface area contributed by atoms with Crippen LogP contribution in [0.4, 0.5) is 5.69 Å². The molecule has 0 fully saturated rings. The molecule has 0 heterocycles. The lowest BCUT2D eigenvalue weighted by molar-refractivity contribution is -0.121. The van der Waals surface area contributed by atoms with Crippen LogP contribution in [0.25, 0.3) is 0 Å². The Bertz CT molecular complexity index is 686. The average Bonchev–Trinajstić information content (AvgIpc) is 2.67. The zero-order chi connectivity index (χ0) is 18.8. The lowest BCUT2D eigenvalue weighted by Crippen LogP contribution is -2.37. The lowest BCUT2D eigenvalue weighted by atomic mass is 10.2. The zero-order valence-electron chi connectivity index (χ0n) is 15.7. The van der Waals surface area contributed by atoms with Crippen LogP contribution in [0.3, 0.4) is 0 Å². The van der Waals surface area contributed by atoms with E-state index in [0.29, 0.717) is 17.2 Å². The number of carbonyl (C=O) groups is 1. The Hall–Kier alpha value is -2.69. The van der Waals surface area contributed by atoms with Crippen molar-refractivity contribution in [3.8, 4) is 17.2 Å². The van der Waals surface area contributed by atoms with Crippen molar-refractivity contribution in [1.82, 2.24) is 5.32 Å². The molecular weight excluding hydrogens is 328 g/mol. The number of benzene rings is 2. The molecule has 0 bridgehead atoms. The highest BCUT2D eigenvalue weighted by molar-refractivity contribution is 5.84. The molecule has 5 nitrogen and oxygen atoms in total. The van der Waals surface area contributed by atoms with Crippen LogP contribution in [-0.4, -0.2) is 25.6 Å². The standard InChI is InChI=1S/C21H28N2O3/c1-4-5-8-15-22-21(24)16(2)23-17-11-13-18(14-12-17)26-20-10-7-6-9-19(20)25-3/h6-7,9-14,16,23H,4-5,8,15H2,1-3H3,(H,22,24). The zero-order valence-corrected chi connectivity index (χ0v) is 15.7. The molecule has 1 atom stereocenters.